The van der Waals surface area contributed by atoms with Crippen LogP contribution in [0.2, 0.25) is 0 Å². The molecule has 1 aliphatic rings. The number of nitrogens with one attached hydrogen (secondary N) is 1. The molecule has 1 fully saturated rings. The van der Waals surface area contributed by atoms with Gasteiger partial charge in [-0.3, -0.25) is 0 Å². The van der Waals surface area contributed by atoms with Gasteiger partial charge in [-0.2, -0.15) is 0 Å². The molecule has 1 saturated heterocycles. The number of nitrogens with zero attached hydrogens (tertiary/aromatic N) is 1. The fourth-order valence-corrected chi connectivity index (χ4v) is 3.06. The fraction of sp³-hybridized carbons (Fsp3) is 0.647. The highest BCUT2D eigenvalue weighted by atomic mass is 16.2. The van der Waals surface area contributed by atoms with E-state index in [0.717, 1.165) is 19.4 Å². The van der Waals surface area contributed by atoms with Crippen LogP contribution < -0.4 is 5.32 Å². The van der Waals surface area contributed by atoms with E-state index in [1.54, 1.807) is 0 Å². The highest BCUT2D eigenvalue weighted by Crippen LogP contribution is 2.24. The van der Waals surface area contributed by atoms with Gasteiger partial charge in [-0.25, -0.2) is 0 Å². The summed E-state index contributed by atoms with van der Waals surface area (Å²) in [5.41, 5.74) is 2.52. The molecule has 3 atom stereocenters. The number of piperidine rings is 1. The summed E-state index contributed by atoms with van der Waals surface area (Å²) in [6.45, 7) is 6.05. The molecule has 0 aliphatic carbocycles. The molecule has 0 amide bonds. The van der Waals surface area contributed by atoms with Crippen LogP contribution in [-0.2, 0) is 6.42 Å². The predicted molar refractivity (Wildman–Crippen MR) is 85.1 cm³/mol. The predicted octanol–water partition coefficient (Wildman–Crippen LogP) is 2.75. The van der Waals surface area contributed by atoms with Crippen LogP contribution in [0, 0.1) is 5.92 Å². The highest BCUT2D eigenvalue weighted by Gasteiger charge is 2.28. The van der Waals surface area contributed by atoms with Crippen molar-refractivity contribution in [3.05, 3.63) is 29.8 Å². The Bertz CT molecular complexity index is 421. The molecule has 0 bridgehead atoms. The molecule has 0 saturated carbocycles. The maximum Gasteiger partial charge on any atom is 0.0434 e. The average Bonchev–Trinajstić information content (AvgIpc) is 2.43. The number of rotatable bonds is 5. The van der Waals surface area contributed by atoms with Gasteiger partial charge in [0.15, 0.2) is 0 Å². The van der Waals surface area contributed by atoms with Gasteiger partial charge in [0, 0.05) is 30.9 Å². The molecule has 3 nitrogen and oxygen atoms in total. The van der Waals surface area contributed by atoms with Crippen molar-refractivity contribution >= 4 is 5.69 Å². The van der Waals surface area contributed by atoms with Crippen molar-refractivity contribution in [3.8, 4) is 0 Å². The minimum Gasteiger partial charge on any atom is -0.396 e. The van der Waals surface area contributed by atoms with Crippen LogP contribution in [0.4, 0.5) is 5.69 Å². The Hall–Kier alpha value is -1.06. The van der Waals surface area contributed by atoms with Crippen LogP contribution >= 0.6 is 0 Å². The van der Waals surface area contributed by atoms with Gasteiger partial charge in [-0.05, 0) is 56.8 Å². The molecule has 112 valence electrons. The molecule has 1 aromatic rings. The van der Waals surface area contributed by atoms with E-state index in [-0.39, 0.29) is 6.61 Å². The number of anilines is 1. The van der Waals surface area contributed by atoms with Crippen LogP contribution in [-0.4, -0.2) is 42.3 Å². The largest absolute Gasteiger partial charge is 0.396 e. The van der Waals surface area contributed by atoms with E-state index in [1.165, 1.54) is 17.7 Å². The van der Waals surface area contributed by atoms with E-state index in [4.69, 9.17) is 5.11 Å². The van der Waals surface area contributed by atoms with Crippen molar-refractivity contribution < 1.29 is 5.11 Å². The Morgan fingerprint density at radius 3 is 2.90 bits per heavy atom. The zero-order valence-corrected chi connectivity index (χ0v) is 13.0. The van der Waals surface area contributed by atoms with Crippen LogP contribution in [0.3, 0.4) is 0 Å². The molecule has 0 radical (unpaired) electrons. The molecule has 2 N–H and O–H groups in total. The lowest BCUT2D eigenvalue weighted by Gasteiger charge is -2.40. The Morgan fingerprint density at radius 1 is 1.35 bits per heavy atom. The van der Waals surface area contributed by atoms with Gasteiger partial charge in [-0.1, -0.05) is 19.1 Å². The second kappa shape index (κ2) is 7.09. The summed E-state index contributed by atoms with van der Waals surface area (Å²) in [5.74, 6) is 0.664. The van der Waals surface area contributed by atoms with E-state index < -0.39 is 0 Å². The summed E-state index contributed by atoms with van der Waals surface area (Å²) in [6, 6.07) is 9.82. The number of likely N-dealkylation sites (tertiary alicyclic amines) is 1. The van der Waals surface area contributed by atoms with E-state index in [2.05, 4.69) is 55.4 Å². The van der Waals surface area contributed by atoms with Crippen molar-refractivity contribution in [2.75, 3.05) is 25.5 Å². The second-order valence-corrected chi connectivity index (χ2v) is 6.28. The number of aliphatic hydroxyl groups excluding tert-OH is 1. The minimum absolute atomic E-state index is 0.265. The molecule has 0 aromatic heterocycles. The topological polar surface area (TPSA) is 35.5 Å². The average molecular weight is 276 g/mol. The standard InChI is InChI=1S/C17H28N2O/c1-13-12-19(3)14(2)10-17(13)18-16-8-4-6-15(11-16)7-5-9-20/h4,6,8,11,13-14,17-18,20H,5,7,9-10,12H2,1-3H3. The zero-order valence-electron chi connectivity index (χ0n) is 13.0. The van der Waals surface area contributed by atoms with Crippen LogP contribution in [0.25, 0.3) is 0 Å². The Kier molecular flexibility index (Phi) is 5.44. The summed E-state index contributed by atoms with van der Waals surface area (Å²) in [4.78, 5) is 2.44. The van der Waals surface area contributed by atoms with Crippen molar-refractivity contribution in [2.45, 2.75) is 45.2 Å². The minimum atomic E-state index is 0.265. The van der Waals surface area contributed by atoms with E-state index >= 15 is 0 Å². The Balaban J connectivity index is 1.98. The molecular weight excluding hydrogens is 248 g/mol. The van der Waals surface area contributed by atoms with Crippen molar-refractivity contribution in [3.63, 3.8) is 0 Å². The summed E-state index contributed by atoms with van der Waals surface area (Å²) >= 11 is 0. The maximum atomic E-state index is 8.93. The quantitative estimate of drug-likeness (QED) is 0.868. The normalized spacial score (nSPS) is 27.5. The van der Waals surface area contributed by atoms with Crippen LogP contribution in [0.15, 0.2) is 24.3 Å². The first-order chi connectivity index (χ1) is 9.60. The molecule has 2 rings (SSSR count). The van der Waals surface area contributed by atoms with E-state index in [9.17, 15) is 0 Å². The van der Waals surface area contributed by atoms with Crippen LogP contribution in [0.1, 0.15) is 32.3 Å². The van der Waals surface area contributed by atoms with Gasteiger partial charge in [0.1, 0.15) is 0 Å². The van der Waals surface area contributed by atoms with Gasteiger partial charge >= 0.3 is 0 Å². The Morgan fingerprint density at radius 2 is 2.15 bits per heavy atom. The third-order valence-corrected chi connectivity index (χ3v) is 4.51. The SMILES string of the molecule is CC1CN(C)C(C)CC1Nc1cccc(CCCO)c1. The monoisotopic (exact) mass is 276 g/mol. The molecular formula is C17H28N2O. The van der Waals surface area contributed by atoms with Crippen molar-refractivity contribution in [1.29, 1.82) is 0 Å². The summed E-state index contributed by atoms with van der Waals surface area (Å²) in [6.07, 6.45) is 2.98. The number of aryl methyl sites for hydroxylation is 1. The maximum absolute atomic E-state index is 8.93. The number of aliphatic hydroxyl groups is 1. The van der Waals surface area contributed by atoms with Gasteiger partial charge in [0.2, 0.25) is 0 Å². The van der Waals surface area contributed by atoms with Crippen molar-refractivity contribution in [1.82, 2.24) is 4.90 Å². The lowest BCUT2D eigenvalue weighted by molar-refractivity contribution is 0.145. The summed E-state index contributed by atoms with van der Waals surface area (Å²) in [5, 5.41) is 12.6. The number of benzene rings is 1. The van der Waals surface area contributed by atoms with Crippen molar-refractivity contribution in [2.24, 2.45) is 5.92 Å². The summed E-state index contributed by atoms with van der Waals surface area (Å²) in [7, 11) is 2.22. The molecule has 3 heteroatoms. The molecule has 1 aromatic carbocycles. The first-order valence-electron chi connectivity index (χ1n) is 7.76. The smallest absolute Gasteiger partial charge is 0.0434 e. The summed E-state index contributed by atoms with van der Waals surface area (Å²) < 4.78 is 0. The van der Waals surface area contributed by atoms with Crippen LogP contribution in [0.5, 0.6) is 0 Å². The second-order valence-electron chi connectivity index (χ2n) is 6.28. The fourth-order valence-electron chi connectivity index (χ4n) is 3.06. The van der Waals surface area contributed by atoms with Gasteiger partial charge < -0.3 is 15.3 Å². The first-order valence-corrected chi connectivity index (χ1v) is 7.76. The van der Waals surface area contributed by atoms with E-state index in [1.807, 2.05) is 0 Å². The highest BCUT2D eigenvalue weighted by molar-refractivity contribution is 5.46. The number of hydrogen-bond acceptors (Lipinski definition) is 3. The lowest BCUT2D eigenvalue weighted by Crippen LogP contribution is -2.48. The Labute approximate surface area is 123 Å². The molecule has 20 heavy (non-hydrogen) atoms. The molecule has 0 spiro atoms. The molecule has 3 unspecified atom stereocenters. The van der Waals surface area contributed by atoms with Gasteiger partial charge in [0.25, 0.3) is 0 Å². The van der Waals surface area contributed by atoms with Gasteiger partial charge in [-0.15, -0.1) is 0 Å². The lowest BCUT2D eigenvalue weighted by atomic mass is 9.89. The van der Waals surface area contributed by atoms with Gasteiger partial charge in [0.05, 0.1) is 0 Å². The number of hydrogen-bond donors (Lipinski definition) is 2. The molecule has 1 aliphatic heterocycles. The van der Waals surface area contributed by atoms with E-state index in [0.29, 0.717) is 18.0 Å². The molecule has 1 heterocycles. The third-order valence-electron chi connectivity index (χ3n) is 4.51. The third kappa shape index (κ3) is 3.97. The zero-order chi connectivity index (χ0) is 14.5. The first kappa shape index (κ1) is 15.3.